The quantitative estimate of drug-likeness (QED) is 0.458. The lowest BCUT2D eigenvalue weighted by Crippen LogP contribution is -1.43. The summed E-state index contributed by atoms with van der Waals surface area (Å²) in [6, 6.07) is 0. The Hall–Kier alpha value is -0.780. The second kappa shape index (κ2) is 16.7. The van der Waals surface area contributed by atoms with Crippen LogP contribution in [0.1, 0.15) is 41.5 Å². The highest BCUT2D eigenvalue weighted by Gasteiger charge is 1.52. The van der Waals surface area contributed by atoms with Gasteiger partial charge in [0.2, 0.25) is 0 Å². The van der Waals surface area contributed by atoms with Crippen molar-refractivity contribution in [2.75, 3.05) is 0 Å². The van der Waals surface area contributed by atoms with Crippen LogP contribution < -0.4 is 0 Å². The molecule has 0 atom stereocenters. The Labute approximate surface area is 78.7 Å². The van der Waals surface area contributed by atoms with Gasteiger partial charge < -0.3 is 0 Å². The van der Waals surface area contributed by atoms with Crippen molar-refractivity contribution in [3.8, 4) is 0 Å². The van der Waals surface area contributed by atoms with Gasteiger partial charge >= 0.3 is 0 Å². The van der Waals surface area contributed by atoms with Crippen molar-refractivity contribution < 1.29 is 0 Å². The van der Waals surface area contributed by atoms with Crippen LogP contribution in [0.25, 0.3) is 0 Å². The lowest BCUT2D eigenvalue weighted by molar-refractivity contribution is 1.42. The third-order valence-electron chi connectivity index (χ3n) is 0.333. The predicted octanol–water partition coefficient (Wildman–Crippen LogP) is 4.75. The molecule has 0 aromatic carbocycles. The fourth-order valence-corrected chi connectivity index (χ4v) is 0. The van der Waals surface area contributed by atoms with Crippen LogP contribution in [-0.4, -0.2) is 0 Å². The van der Waals surface area contributed by atoms with Crippen LogP contribution >= 0.6 is 0 Å². The van der Waals surface area contributed by atoms with Crippen molar-refractivity contribution >= 4 is 0 Å². The summed E-state index contributed by atoms with van der Waals surface area (Å²) < 4.78 is 0. The summed E-state index contributed by atoms with van der Waals surface area (Å²) in [6.45, 7) is 19.0. The van der Waals surface area contributed by atoms with E-state index in [4.69, 9.17) is 0 Å². The largest absolute Gasteiger partial charge is 0.100 e. The van der Waals surface area contributed by atoms with Gasteiger partial charge in [-0.25, -0.2) is 0 Å². The number of hydrogen-bond donors (Lipinski definition) is 0. The molecule has 0 saturated heterocycles. The first-order chi connectivity index (χ1) is 5.38. The molecule has 0 heterocycles. The Morgan fingerprint density at radius 2 is 0.833 bits per heavy atom. The first-order valence-corrected chi connectivity index (χ1v) is 4.20. The van der Waals surface area contributed by atoms with Crippen molar-refractivity contribution in [2.45, 2.75) is 41.5 Å². The molecule has 0 N–H and O–H groups in total. The highest BCUT2D eigenvalue weighted by atomic mass is 13.6. The Morgan fingerprint density at radius 1 is 0.750 bits per heavy atom. The predicted molar refractivity (Wildman–Crippen MR) is 61.5 cm³/mol. The number of allylic oxidation sites excluding steroid dienone is 4. The molecule has 0 bridgehead atoms. The smallest absolute Gasteiger partial charge is 0.0445 e. The van der Waals surface area contributed by atoms with Crippen LogP contribution in [0.3, 0.4) is 0 Å². The van der Waals surface area contributed by atoms with Gasteiger partial charge in [0.1, 0.15) is 0 Å². The topological polar surface area (TPSA) is 0 Å². The van der Waals surface area contributed by atoms with Gasteiger partial charge in [0, 0.05) is 0 Å². The summed E-state index contributed by atoms with van der Waals surface area (Å²) in [6.07, 6.45) is 4.00. The summed E-state index contributed by atoms with van der Waals surface area (Å²) in [7, 11) is 0. The third kappa shape index (κ3) is 12900. The van der Waals surface area contributed by atoms with Crippen LogP contribution in [0.5, 0.6) is 0 Å². The monoisotopic (exact) mass is 168 g/mol. The molecular weight excluding hydrogens is 144 g/mol. The Balaban J connectivity index is -0.000000101. The highest BCUT2D eigenvalue weighted by Crippen LogP contribution is 1.74. The summed E-state index contributed by atoms with van der Waals surface area (Å²) >= 11 is 0. The van der Waals surface area contributed by atoms with Gasteiger partial charge in [0.15, 0.2) is 0 Å². The molecular formula is C12H24. The first-order valence-electron chi connectivity index (χ1n) is 4.20. The first kappa shape index (κ1) is 17.3. The van der Waals surface area contributed by atoms with Crippen molar-refractivity contribution in [2.24, 2.45) is 0 Å². The molecule has 0 spiro atoms. The summed E-state index contributed by atoms with van der Waals surface area (Å²) in [5, 5.41) is 0. The molecule has 0 radical (unpaired) electrons. The molecule has 0 rings (SSSR count). The van der Waals surface area contributed by atoms with Gasteiger partial charge in [-0.2, -0.15) is 0 Å². The molecule has 0 aromatic rings. The Bertz CT molecular complexity index is 103. The van der Waals surface area contributed by atoms with E-state index in [1.807, 2.05) is 53.7 Å². The van der Waals surface area contributed by atoms with Crippen LogP contribution in [0.15, 0.2) is 36.5 Å². The average Bonchev–Trinajstić information content (AvgIpc) is 1.85. The number of rotatable bonds is 0. The van der Waals surface area contributed by atoms with Gasteiger partial charge in [-0.15, -0.1) is 13.2 Å². The maximum absolute atomic E-state index is 3.56. The van der Waals surface area contributed by atoms with Gasteiger partial charge in [-0.1, -0.05) is 23.3 Å². The molecule has 12 heavy (non-hydrogen) atoms. The molecule has 0 heteroatoms. The van der Waals surface area contributed by atoms with E-state index >= 15 is 0 Å². The van der Waals surface area contributed by atoms with Crippen LogP contribution in [-0.2, 0) is 0 Å². The molecule has 72 valence electrons. The zero-order valence-corrected chi connectivity index (χ0v) is 9.57. The molecule has 0 aliphatic rings. The molecule has 0 aliphatic carbocycles. The van der Waals surface area contributed by atoms with Crippen LogP contribution in [0.2, 0.25) is 0 Å². The van der Waals surface area contributed by atoms with Crippen molar-refractivity contribution in [3.63, 3.8) is 0 Å². The highest BCUT2D eigenvalue weighted by molar-refractivity contribution is 4.79. The van der Waals surface area contributed by atoms with Gasteiger partial charge in [-0.05, 0) is 41.5 Å². The summed E-state index contributed by atoms with van der Waals surface area (Å²) in [5.74, 6) is 0. The number of hydrogen-bond acceptors (Lipinski definition) is 0. The van der Waals surface area contributed by atoms with E-state index in [1.54, 1.807) is 0 Å². The maximum atomic E-state index is 3.56. The Kier molecular flexibility index (Phi) is 24.1. The summed E-state index contributed by atoms with van der Waals surface area (Å²) in [5.41, 5.74) is 2.33. The van der Waals surface area contributed by atoms with Crippen molar-refractivity contribution in [1.29, 1.82) is 0 Å². The van der Waals surface area contributed by atoms with Gasteiger partial charge in [0.05, 0.1) is 0 Å². The molecule has 0 nitrogen and oxygen atoms in total. The molecule has 0 unspecified atom stereocenters. The lowest BCUT2D eigenvalue weighted by Gasteiger charge is -1.65. The van der Waals surface area contributed by atoms with Gasteiger partial charge in [-0.3, -0.25) is 0 Å². The van der Waals surface area contributed by atoms with E-state index < -0.39 is 0 Å². The molecule has 0 amide bonds. The van der Waals surface area contributed by atoms with Crippen molar-refractivity contribution in [3.05, 3.63) is 36.5 Å². The zero-order valence-electron chi connectivity index (χ0n) is 9.57. The van der Waals surface area contributed by atoms with E-state index in [2.05, 4.69) is 13.2 Å². The minimum Gasteiger partial charge on any atom is -0.100 e. The minimum absolute atomic E-state index is 1.17. The van der Waals surface area contributed by atoms with E-state index in [1.165, 1.54) is 11.1 Å². The van der Waals surface area contributed by atoms with E-state index in [0.29, 0.717) is 0 Å². The molecule has 0 aromatic heterocycles. The van der Waals surface area contributed by atoms with Crippen molar-refractivity contribution in [1.82, 2.24) is 0 Å². The van der Waals surface area contributed by atoms with E-state index in [-0.39, 0.29) is 0 Å². The lowest BCUT2D eigenvalue weighted by atomic mass is 10.4. The maximum Gasteiger partial charge on any atom is -0.0445 e. The average molecular weight is 168 g/mol. The second-order valence-electron chi connectivity index (χ2n) is 3.08. The fraction of sp³-hybridized carbons (Fsp3) is 0.500. The third-order valence-corrected chi connectivity index (χ3v) is 0.333. The van der Waals surface area contributed by atoms with E-state index in [0.717, 1.165) is 0 Å². The van der Waals surface area contributed by atoms with Gasteiger partial charge in [0.25, 0.3) is 0 Å². The van der Waals surface area contributed by atoms with E-state index in [9.17, 15) is 0 Å². The summed E-state index contributed by atoms with van der Waals surface area (Å²) in [4.78, 5) is 0. The standard InChI is InChI=1S/3C4H8/c2*1-4(2)3;1-3-4-2/h2*1H2,2-3H3;3-4H,1-2H3. The fourth-order valence-electron chi connectivity index (χ4n) is 0. The molecule has 0 aliphatic heterocycles. The second-order valence-corrected chi connectivity index (χ2v) is 3.08. The normalized spacial score (nSPS) is 7.50. The Morgan fingerprint density at radius 3 is 0.833 bits per heavy atom. The zero-order chi connectivity index (χ0) is 10.6. The molecule has 0 fully saturated rings. The van der Waals surface area contributed by atoms with Crippen LogP contribution in [0, 0.1) is 0 Å². The SMILES string of the molecule is C=C(C)C.C=C(C)C.CC=CC. The molecule has 0 saturated carbocycles. The minimum atomic E-state index is 1.17. The van der Waals surface area contributed by atoms with Crippen LogP contribution in [0.4, 0.5) is 0 Å².